The minimum Gasteiger partial charge on any atom is -0.492 e. The third kappa shape index (κ3) is 8.22. The molecule has 0 unspecified atom stereocenters. The molecule has 0 atom stereocenters. The molecule has 0 aliphatic rings. The summed E-state index contributed by atoms with van der Waals surface area (Å²) in [5.41, 5.74) is 4.52. The smallest absolute Gasteiger partial charge is 0.248 e. The van der Waals surface area contributed by atoms with Crippen LogP contribution >= 0.6 is 11.6 Å². The van der Waals surface area contributed by atoms with E-state index in [1.54, 1.807) is 30.3 Å². The van der Waals surface area contributed by atoms with Gasteiger partial charge in [0.2, 0.25) is 5.91 Å². The predicted octanol–water partition coefficient (Wildman–Crippen LogP) is 7.06. The van der Waals surface area contributed by atoms with Gasteiger partial charge in [0.1, 0.15) is 24.2 Å². The van der Waals surface area contributed by atoms with E-state index in [0.717, 1.165) is 11.3 Å². The summed E-state index contributed by atoms with van der Waals surface area (Å²) in [7, 11) is 3.84. The van der Waals surface area contributed by atoms with Gasteiger partial charge in [-0.25, -0.2) is 0 Å². The minimum absolute atomic E-state index is 0.296. The van der Waals surface area contributed by atoms with Crippen molar-refractivity contribution in [3.8, 4) is 17.6 Å². The van der Waals surface area contributed by atoms with Gasteiger partial charge in [0.25, 0.3) is 0 Å². The minimum atomic E-state index is -0.296. The largest absolute Gasteiger partial charge is 0.492 e. The highest BCUT2D eigenvalue weighted by Crippen LogP contribution is 2.37. The molecule has 2 N–H and O–H groups in total. The maximum atomic E-state index is 12.7. The van der Waals surface area contributed by atoms with Gasteiger partial charge in [0.15, 0.2) is 0 Å². The van der Waals surface area contributed by atoms with Crippen LogP contribution in [0.5, 0.6) is 11.5 Å². The molecule has 4 rings (SSSR count). The van der Waals surface area contributed by atoms with Gasteiger partial charge < -0.3 is 25.0 Å². The fourth-order valence-corrected chi connectivity index (χ4v) is 4.46. The quantitative estimate of drug-likeness (QED) is 0.167. The topological polar surface area (TPSA) is 112 Å². The number of nitriles is 1. The molecule has 0 aliphatic heterocycles. The van der Waals surface area contributed by atoms with Gasteiger partial charge in [0, 0.05) is 53.4 Å². The second-order valence-electron chi connectivity index (χ2n) is 10.4. The number of nitrogens with one attached hydrogen (secondary N) is 2. The lowest BCUT2D eigenvalue weighted by atomic mass is 10.1. The first kappa shape index (κ1) is 31.3. The zero-order valence-electron chi connectivity index (χ0n) is 24.9. The SMILES string of the molecule is CCOc1cc2ncc(C#N)c(Nc3ccc(OCc4ccc(C(C)C)nc4)c(Cl)c3)c2cc1NC(=O)/C=C/CN(C)C. The Morgan fingerprint density at radius 3 is 2.56 bits per heavy atom. The number of pyridine rings is 2. The highest BCUT2D eigenvalue weighted by Gasteiger charge is 2.16. The van der Waals surface area contributed by atoms with Crippen LogP contribution in [0.2, 0.25) is 5.02 Å². The molecule has 0 fully saturated rings. The second kappa shape index (κ2) is 14.5. The Labute approximate surface area is 257 Å². The van der Waals surface area contributed by atoms with Gasteiger partial charge in [-0.3, -0.25) is 14.8 Å². The number of nitrogens with zero attached hydrogens (tertiary/aromatic N) is 4. The van der Waals surface area contributed by atoms with Crippen molar-refractivity contribution in [2.75, 3.05) is 37.9 Å². The van der Waals surface area contributed by atoms with Crippen LogP contribution in [0.25, 0.3) is 10.9 Å². The van der Waals surface area contributed by atoms with Crippen LogP contribution in [0.3, 0.4) is 0 Å². The lowest BCUT2D eigenvalue weighted by Crippen LogP contribution is -2.13. The number of rotatable bonds is 12. The molecule has 4 aromatic rings. The molecule has 2 heterocycles. The molecule has 0 saturated heterocycles. The van der Waals surface area contributed by atoms with E-state index in [0.29, 0.717) is 75.7 Å². The van der Waals surface area contributed by atoms with Crippen LogP contribution < -0.4 is 20.1 Å². The van der Waals surface area contributed by atoms with E-state index in [1.165, 1.54) is 12.3 Å². The Bertz CT molecular complexity index is 1660. The number of halogens is 1. The molecular weight excluding hydrogens is 564 g/mol. The number of likely N-dealkylation sites (N-methyl/N-ethyl adjacent to an activating group) is 1. The van der Waals surface area contributed by atoms with Crippen LogP contribution in [0.1, 0.15) is 43.5 Å². The molecule has 43 heavy (non-hydrogen) atoms. The number of carbonyl (C=O) groups is 1. The predicted molar refractivity (Wildman–Crippen MR) is 171 cm³/mol. The van der Waals surface area contributed by atoms with Gasteiger partial charge in [-0.1, -0.05) is 37.6 Å². The summed E-state index contributed by atoms with van der Waals surface area (Å²) >= 11 is 6.59. The molecule has 2 aromatic heterocycles. The van der Waals surface area contributed by atoms with E-state index in [1.807, 2.05) is 50.3 Å². The molecule has 10 heteroatoms. The van der Waals surface area contributed by atoms with Crippen molar-refractivity contribution in [2.24, 2.45) is 0 Å². The molecule has 0 radical (unpaired) electrons. The van der Waals surface area contributed by atoms with E-state index in [9.17, 15) is 10.1 Å². The van der Waals surface area contributed by atoms with Gasteiger partial charge in [0.05, 0.1) is 34.1 Å². The van der Waals surface area contributed by atoms with E-state index in [-0.39, 0.29) is 5.91 Å². The van der Waals surface area contributed by atoms with Crippen LogP contribution in [-0.2, 0) is 11.4 Å². The number of fused-ring (bicyclic) bond motifs is 1. The normalized spacial score (nSPS) is 11.2. The zero-order chi connectivity index (χ0) is 30.9. The van der Waals surface area contributed by atoms with Crippen molar-refractivity contribution >= 4 is 45.5 Å². The van der Waals surface area contributed by atoms with E-state index < -0.39 is 0 Å². The Balaban J connectivity index is 1.60. The summed E-state index contributed by atoms with van der Waals surface area (Å²) in [5, 5.41) is 17.1. The summed E-state index contributed by atoms with van der Waals surface area (Å²) in [5.74, 6) is 1.06. The summed E-state index contributed by atoms with van der Waals surface area (Å²) in [6, 6.07) is 15.0. The van der Waals surface area contributed by atoms with Gasteiger partial charge >= 0.3 is 0 Å². The standard InChI is InChI=1S/C33H35ClN6O3/c1-6-42-31-16-28-25(15-29(31)39-32(41)8-7-13-40(4)5)33(23(17-35)19-37-28)38-24-10-12-30(26(34)14-24)43-20-22-9-11-27(21(2)3)36-18-22/h7-12,14-16,18-19,21H,6,13,20H2,1-5H3,(H,37,38)(H,39,41)/b8-7+. The fourth-order valence-electron chi connectivity index (χ4n) is 4.22. The van der Waals surface area contributed by atoms with Gasteiger partial charge in [-0.2, -0.15) is 5.26 Å². The number of hydrogen-bond donors (Lipinski definition) is 2. The number of aromatic nitrogens is 2. The lowest BCUT2D eigenvalue weighted by molar-refractivity contribution is -0.111. The van der Waals surface area contributed by atoms with Crippen molar-refractivity contribution in [1.29, 1.82) is 5.26 Å². The maximum Gasteiger partial charge on any atom is 0.248 e. The van der Waals surface area contributed by atoms with E-state index >= 15 is 0 Å². The van der Waals surface area contributed by atoms with E-state index in [4.69, 9.17) is 21.1 Å². The number of ether oxygens (including phenoxy) is 2. The number of anilines is 3. The summed E-state index contributed by atoms with van der Waals surface area (Å²) in [4.78, 5) is 23.5. The first-order chi connectivity index (χ1) is 20.7. The average molecular weight is 599 g/mol. The third-order valence-electron chi connectivity index (χ3n) is 6.42. The second-order valence-corrected chi connectivity index (χ2v) is 10.8. The molecule has 222 valence electrons. The molecule has 0 bridgehead atoms. The Morgan fingerprint density at radius 1 is 1.09 bits per heavy atom. The Morgan fingerprint density at radius 2 is 1.91 bits per heavy atom. The van der Waals surface area contributed by atoms with Crippen LogP contribution in [0, 0.1) is 11.3 Å². The summed E-state index contributed by atoms with van der Waals surface area (Å²) in [6.07, 6.45) is 6.56. The average Bonchev–Trinajstić information content (AvgIpc) is 2.97. The first-order valence-electron chi connectivity index (χ1n) is 13.9. The molecule has 0 aliphatic carbocycles. The van der Waals surface area contributed by atoms with E-state index in [2.05, 4.69) is 40.5 Å². The van der Waals surface area contributed by atoms with Crippen molar-refractivity contribution in [1.82, 2.24) is 14.9 Å². The van der Waals surface area contributed by atoms with Crippen molar-refractivity contribution in [3.63, 3.8) is 0 Å². The van der Waals surface area contributed by atoms with Crippen LogP contribution in [-0.4, -0.2) is 48.0 Å². The van der Waals surface area contributed by atoms with Crippen LogP contribution in [0.4, 0.5) is 17.1 Å². The highest BCUT2D eigenvalue weighted by molar-refractivity contribution is 6.32. The summed E-state index contributed by atoms with van der Waals surface area (Å²) in [6.45, 7) is 7.42. The maximum absolute atomic E-state index is 12.7. The Kier molecular flexibility index (Phi) is 10.5. The van der Waals surface area contributed by atoms with Crippen LogP contribution in [0.15, 0.2) is 67.0 Å². The molecule has 0 spiro atoms. The number of benzene rings is 2. The number of carbonyl (C=O) groups excluding carboxylic acids is 1. The van der Waals surface area contributed by atoms with Gasteiger partial charge in [-0.15, -0.1) is 0 Å². The number of hydrogen-bond acceptors (Lipinski definition) is 8. The van der Waals surface area contributed by atoms with Gasteiger partial charge in [-0.05, 0) is 57.3 Å². The number of amides is 1. The fraction of sp³-hybridized carbons (Fsp3) is 0.273. The van der Waals surface area contributed by atoms with Crippen molar-refractivity contribution in [3.05, 3.63) is 88.9 Å². The molecule has 1 amide bonds. The molecule has 2 aromatic carbocycles. The molecule has 0 saturated carbocycles. The molecule has 9 nitrogen and oxygen atoms in total. The Hall–Kier alpha value is -4.65. The molecular formula is C33H35ClN6O3. The van der Waals surface area contributed by atoms with Crippen molar-refractivity contribution < 1.29 is 14.3 Å². The first-order valence-corrected chi connectivity index (χ1v) is 14.3. The highest BCUT2D eigenvalue weighted by atomic mass is 35.5. The summed E-state index contributed by atoms with van der Waals surface area (Å²) < 4.78 is 11.7. The lowest BCUT2D eigenvalue weighted by Gasteiger charge is -2.16. The van der Waals surface area contributed by atoms with Crippen molar-refractivity contribution in [2.45, 2.75) is 33.3 Å². The monoisotopic (exact) mass is 598 g/mol. The zero-order valence-corrected chi connectivity index (χ0v) is 25.7. The third-order valence-corrected chi connectivity index (χ3v) is 6.72.